The molecule has 0 saturated carbocycles. The van der Waals surface area contributed by atoms with Gasteiger partial charge in [0.1, 0.15) is 0 Å². The van der Waals surface area contributed by atoms with Gasteiger partial charge in [-0.3, -0.25) is 4.79 Å². The highest BCUT2D eigenvalue weighted by Gasteiger charge is 2.00. The Balaban J connectivity index is 2.47. The minimum atomic E-state index is -0.0382. The van der Waals surface area contributed by atoms with E-state index in [4.69, 9.17) is 0 Å². The monoisotopic (exact) mass is 162 g/mol. The number of rotatable bonds is 3. The van der Waals surface area contributed by atoms with Crippen LogP contribution in [0.3, 0.4) is 0 Å². The predicted octanol–water partition coefficient (Wildman–Crippen LogP) is 2.25. The third kappa shape index (κ3) is 2.74. The Kier molecular flexibility index (Phi) is 3.33. The fourth-order valence-corrected chi connectivity index (χ4v) is 0.916. The second-order valence-electron chi connectivity index (χ2n) is 2.59. The van der Waals surface area contributed by atoms with Crippen molar-refractivity contribution in [1.82, 2.24) is 5.32 Å². The topological polar surface area (TPSA) is 31.2 Å². The van der Waals surface area contributed by atoms with Gasteiger partial charge >= 0.3 is 0 Å². The molecule has 1 aromatic rings. The van der Waals surface area contributed by atoms with Crippen molar-refractivity contribution in [1.29, 1.82) is 0 Å². The van der Waals surface area contributed by atoms with Gasteiger partial charge in [-0.25, -0.2) is 5.32 Å². The van der Waals surface area contributed by atoms with Crippen molar-refractivity contribution in [2.45, 2.75) is 19.8 Å². The van der Waals surface area contributed by atoms with Crippen molar-refractivity contribution in [3.8, 4) is 0 Å². The maximum absolute atomic E-state index is 11.0. The average molecular weight is 162 g/mol. The molecule has 0 N–H and O–H groups in total. The van der Waals surface area contributed by atoms with Crippen molar-refractivity contribution in [3.63, 3.8) is 0 Å². The Morgan fingerprint density at radius 1 is 1.33 bits per heavy atom. The maximum Gasteiger partial charge on any atom is 0.246 e. The van der Waals surface area contributed by atoms with Crippen LogP contribution in [0.15, 0.2) is 30.3 Å². The largest absolute Gasteiger partial charge is 0.273 e. The molecule has 2 heteroatoms. The Bertz CT molecular complexity index is 243. The van der Waals surface area contributed by atoms with Crippen LogP contribution in [0.5, 0.6) is 0 Å². The summed E-state index contributed by atoms with van der Waals surface area (Å²) in [5, 5.41) is 3.91. The lowest BCUT2D eigenvalue weighted by Gasteiger charge is -1.98. The van der Waals surface area contributed by atoms with Crippen LogP contribution in [0.4, 0.5) is 5.69 Å². The Hall–Kier alpha value is -1.31. The van der Waals surface area contributed by atoms with Gasteiger partial charge in [0, 0.05) is 6.42 Å². The van der Waals surface area contributed by atoms with Crippen LogP contribution < -0.4 is 5.32 Å². The number of carbonyl (C=O) groups excluding carboxylic acids is 1. The van der Waals surface area contributed by atoms with E-state index in [-0.39, 0.29) is 5.91 Å². The molecule has 0 bridgehead atoms. The smallest absolute Gasteiger partial charge is 0.246 e. The fraction of sp³-hybridized carbons (Fsp3) is 0.300. The standard InChI is InChI=1S/C10H12NO/c1-2-6-10(12)11-9-7-4-3-5-8-9/h3-5,7-8H,2,6H2,1H3. The molecule has 0 aliphatic heterocycles. The molecule has 12 heavy (non-hydrogen) atoms. The first-order chi connectivity index (χ1) is 5.83. The second-order valence-corrected chi connectivity index (χ2v) is 2.59. The van der Waals surface area contributed by atoms with Crippen LogP contribution in [0, 0.1) is 0 Å². The van der Waals surface area contributed by atoms with Crippen molar-refractivity contribution in [2.75, 3.05) is 0 Å². The summed E-state index contributed by atoms with van der Waals surface area (Å²) in [7, 11) is 0. The van der Waals surface area contributed by atoms with Gasteiger partial charge < -0.3 is 0 Å². The normalized spacial score (nSPS) is 9.42. The van der Waals surface area contributed by atoms with Crippen molar-refractivity contribution >= 4 is 11.6 Å². The van der Waals surface area contributed by atoms with Gasteiger partial charge in [-0.15, -0.1) is 0 Å². The molecule has 0 aliphatic rings. The van der Waals surface area contributed by atoms with E-state index in [0.717, 1.165) is 12.1 Å². The fourth-order valence-electron chi connectivity index (χ4n) is 0.916. The molecular formula is C10H12NO. The molecule has 1 aromatic carbocycles. The average Bonchev–Trinajstić information content (AvgIpc) is 2.06. The van der Waals surface area contributed by atoms with E-state index in [0.29, 0.717) is 6.42 Å². The molecule has 0 heterocycles. The Labute approximate surface area is 72.6 Å². The summed E-state index contributed by atoms with van der Waals surface area (Å²) < 4.78 is 0. The summed E-state index contributed by atoms with van der Waals surface area (Å²) in [6.07, 6.45) is 1.39. The number of benzene rings is 1. The first-order valence-electron chi connectivity index (χ1n) is 4.12. The van der Waals surface area contributed by atoms with Gasteiger partial charge in [-0.1, -0.05) is 25.1 Å². The van der Waals surface area contributed by atoms with Gasteiger partial charge in [-0.2, -0.15) is 0 Å². The van der Waals surface area contributed by atoms with Gasteiger partial charge in [0.05, 0.1) is 5.69 Å². The van der Waals surface area contributed by atoms with Crippen molar-refractivity contribution in [2.24, 2.45) is 0 Å². The molecule has 0 spiro atoms. The first kappa shape index (κ1) is 8.78. The number of carbonyl (C=O) groups is 1. The zero-order valence-electron chi connectivity index (χ0n) is 7.16. The van der Waals surface area contributed by atoms with Crippen LogP contribution in [-0.4, -0.2) is 5.91 Å². The van der Waals surface area contributed by atoms with Crippen LogP contribution in [0.25, 0.3) is 0 Å². The summed E-state index contributed by atoms with van der Waals surface area (Å²) in [5.74, 6) is -0.0382. The van der Waals surface area contributed by atoms with Gasteiger partial charge in [0.25, 0.3) is 0 Å². The lowest BCUT2D eigenvalue weighted by Crippen LogP contribution is -2.08. The van der Waals surface area contributed by atoms with E-state index >= 15 is 0 Å². The highest BCUT2D eigenvalue weighted by Crippen LogP contribution is 2.05. The quantitative estimate of drug-likeness (QED) is 0.670. The molecule has 1 amide bonds. The van der Waals surface area contributed by atoms with Crippen LogP contribution in [0.2, 0.25) is 0 Å². The zero-order valence-corrected chi connectivity index (χ0v) is 7.16. The molecule has 0 fully saturated rings. The number of hydrogen-bond donors (Lipinski definition) is 0. The van der Waals surface area contributed by atoms with Crippen LogP contribution >= 0.6 is 0 Å². The van der Waals surface area contributed by atoms with Crippen molar-refractivity contribution < 1.29 is 4.79 Å². The molecular weight excluding hydrogens is 150 g/mol. The Morgan fingerprint density at radius 2 is 2.00 bits per heavy atom. The van der Waals surface area contributed by atoms with Crippen LogP contribution in [-0.2, 0) is 4.79 Å². The molecule has 0 aliphatic carbocycles. The molecule has 0 unspecified atom stereocenters. The molecule has 63 valence electrons. The van der Waals surface area contributed by atoms with Crippen LogP contribution in [0.1, 0.15) is 19.8 Å². The zero-order chi connectivity index (χ0) is 8.81. The van der Waals surface area contributed by atoms with Gasteiger partial charge in [-0.05, 0) is 18.6 Å². The third-order valence-electron chi connectivity index (χ3n) is 1.47. The summed E-state index contributed by atoms with van der Waals surface area (Å²) in [5.41, 5.74) is 0.746. The predicted molar refractivity (Wildman–Crippen MR) is 48.2 cm³/mol. The molecule has 0 saturated heterocycles. The lowest BCUT2D eigenvalue weighted by molar-refractivity contribution is -0.120. The van der Waals surface area contributed by atoms with Gasteiger partial charge in [0.15, 0.2) is 0 Å². The molecule has 0 aromatic heterocycles. The van der Waals surface area contributed by atoms with E-state index in [1.807, 2.05) is 37.3 Å². The highest BCUT2D eigenvalue weighted by molar-refractivity contribution is 5.80. The number of nitrogens with zero attached hydrogens (tertiary/aromatic N) is 1. The highest BCUT2D eigenvalue weighted by atomic mass is 16.1. The van der Waals surface area contributed by atoms with Crippen molar-refractivity contribution in [3.05, 3.63) is 30.3 Å². The van der Waals surface area contributed by atoms with Gasteiger partial charge in [0.2, 0.25) is 5.91 Å². The molecule has 1 rings (SSSR count). The molecule has 1 radical (unpaired) electrons. The lowest BCUT2D eigenvalue weighted by atomic mass is 10.3. The first-order valence-corrected chi connectivity index (χ1v) is 4.12. The second kappa shape index (κ2) is 4.54. The van der Waals surface area contributed by atoms with E-state index in [2.05, 4.69) is 5.32 Å². The van der Waals surface area contributed by atoms with E-state index < -0.39 is 0 Å². The van der Waals surface area contributed by atoms with E-state index in [9.17, 15) is 4.79 Å². The summed E-state index contributed by atoms with van der Waals surface area (Å²) in [6.45, 7) is 1.97. The third-order valence-corrected chi connectivity index (χ3v) is 1.47. The minimum absolute atomic E-state index is 0.0382. The summed E-state index contributed by atoms with van der Waals surface area (Å²) in [4.78, 5) is 11.0. The molecule has 0 atom stereocenters. The number of para-hydroxylation sites is 1. The molecule has 2 nitrogen and oxygen atoms in total. The maximum atomic E-state index is 11.0. The summed E-state index contributed by atoms with van der Waals surface area (Å²) in [6, 6.07) is 9.31. The SMILES string of the molecule is CCCC(=O)[N]c1ccccc1. The summed E-state index contributed by atoms with van der Waals surface area (Å²) >= 11 is 0. The number of hydrogen-bond acceptors (Lipinski definition) is 1. The number of amides is 1. The minimum Gasteiger partial charge on any atom is -0.273 e. The van der Waals surface area contributed by atoms with E-state index in [1.54, 1.807) is 0 Å². The Morgan fingerprint density at radius 3 is 2.58 bits per heavy atom. The van der Waals surface area contributed by atoms with E-state index in [1.165, 1.54) is 0 Å².